The molecule has 0 fully saturated rings. The molecule has 1 atom stereocenters. The van der Waals surface area contributed by atoms with Crippen molar-refractivity contribution in [2.75, 3.05) is 0 Å². The molecule has 0 heterocycles. The molecular formula is C15H14ClF2N. The number of nitrogens with one attached hydrogen (secondary N) is 1. The Hall–Kier alpha value is -1.45. The third kappa shape index (κ3) is 3.75. The molecule has 0 aliphatic rings. The maximum absolute atomic E-state index is 13.5. The maximum Gasteiger partial charge on any atom is 0.130 e. The van der Waals surface area contributed by atoms with Crippen molar-refractivity contribution >= 4 is 11.6 Å². The highest BCUT2D eigenvalue weighted by molar-refractivity contribution is 6.30. The fourth-order valence-electron chi connectivity index (χ4n) is 1.82. The van der Waals surface area contributed by atoms with Crippen LogP contribution in [0, 0.1) is 11.6 Å². The summed E-state index contributed by atoms with van der Waals surface area (Å²) in [5.41, 5.74) is 1.46. The minimum Gasteiger partial charge on any atom is -0.306 e. The maximum atomic E-state index is 13.5. The van der Waals surface area contributed by atoms with Crippen LogP contribution >= 0.6 is 11.6 Å². The molecule has 19 heavy (non-hydrogen) atoms. The molecular weight excluding hydrogens is 268 g/mol. The van der Waals surface area contributed by atoms with Crippen molar-refractivity contribution in [3.8, 4) is 0 Å². The van der Waals surface area contributed by atoms with Crippen LogP contribution < -0.4 is 5.32 Å². The van der Waals surface area contributed by atoms with Gasteiger partial charge in [0.1, 0.15) is 11.6 Å². The highest BCUT2D eigenvalue weighted by Gasteiger charge is 2.08. The van der Waals surface area contributed by atoms with Gasteiger partial charge in [-0.05, 0) is 30.7 Å². The van der Waals surface area contributed by atoms with Crippen LogP contribution in [0.2, 0.25) is 5.02 Å². The second-order valence-electron chi connectivity index (χ2n) is 4.39. The Morgan fingerprint density at radius 3 is 2.63 bits per heavy atom. The summed E-state index contributed by atoms with van der Waals surface area (Å²) in [6.45, 7) is 2.30. The average molecular weight is 282 g/mol. The molecule has 2 aromatic rings. The van der Waals surface area contributed by atoms with Crippen molar-refractivity contribution in [3.05, 3.63) is 70.2 Å². The van der Waals surface area contributed by atoms with Gasteiger partial charge in [-0.1, -0.05) is 29.8 Å². The smallest absolute Gasteiger partial charge is 0.130 e. The molecule has 0 spiro atoms. The van der Waals surface area contributed by atoms with E-state index in [0.717, 1.165) is 11.6 Å². The number of hydrogen-bond donors (Lipinski definition) is 1. The van der Waals surface area contributed by atoms with Gasteiger partial charge in [0.15, 0.2) is 0 Å². The quantitative estimate of drug-likeness (QED) is 0.872. The molecule has 2 aromatic carbocycles. The van der Waals surface area contributed by atoms with Crippen LogP contribution in [-0.4, -0.2) is 0 Å². The van der Waals surface area contributed by atoms with Crippen molar-refractivity contribution in [1.29, 1.82) is 0 Å². The van der Waals surface area contributed by atoms with Gasteiger partial charge in [-0.2, -0.15) is 0 Å². The average Bonchev–Trinajstić information content (AvgIpc) is 2.37. The van der Waals surface area contributed by atoms with E-state index < -0.39 is 11.6 Å². The molecule has 4 heteroatoms. The highest BCUT2D eigenvalue weighted by atomic mass is 35.5. The first-order chi connectivity index (χ1) is 9.06. The van der Waals surface area contributed by atoms with Gasteiger partial charge in [-0.15, -0.1) is 0 Å². The summed E-state index contributed by atoms with van der Waals surface area (Å²) in [6.07, 6.45) is 0. The zero-order chi connectivity index (χ0) is 13.8. The molecule has 0 radical (unpaired) electrons. The van der Waals surface area contributed by atoms with E-state index in [-0.39, 0.29) is 6.04 Å². The Morgan fingerprint density at radius 2 is 1.95 bits per heavy atom. The van der Waals surface area contributed by atoms with Gasteiger partial charge in [0.2, 0.25) is 0 Å². The summed E-state index contributed by atoms with van der Waals surface area (Å²) in [4.78, 5) is 0. The molecule has 0 amide bonds. The fourth-order valence-corrected chi connectivity index (χ4v) is 2.02. The first kappa shape index (κ1) is 14.0. The Kier molecular flexibility index (Phi) is 4.51. The number of hydrogen-bond acceptors (Lipinski definition) is 1. The molecule has 0 bridgehead atoms. The summed E-state index contributed by atoms with van der Waals surface area (Å²) < 4.78 is 26.2. The van der Waals surface area contributed by atoms with Gasteiger partial charge in [-0.3, -0.25) is 0 Å². The molecule has 0 saturated heterocycles. The molecule has 1 unspecified atom stereocenters. The van der Waals surface area contributed by atoms with E-state index in [2.05, 4.69) is 5.32 Å². The van der Waals surface area contributed by atoms with Gasteiger partial charge in [0, 0.05) is 29.2 Å². The largest absolute Gasteiger partial charge is 0.306 e. The summed E-state index contributed by atoms with van der Waals surface area (Å²) in [5, 5.41) is 3.85. The molecule has 2 rings (SSSR count). The minimum atomic E-state index is -0.566. The van der Waals surface area contributed by atoms with Gasteiger partial charge in [0.25, 0.3) is 0 Å². The van der Waals surface area contributed by atoms with E-state index in [4.69, 9.17) is 11.6 Å². The molecule has 100 valence electrons. The van der Waals surface area contributed by atoms with Crippen LogP contribution in [0.25, 0.3) is 0 Å². The van der Waals surface area contributed by atoms with Crippen molar-refractivity contribution in [2.45, 2.75) is 19.5 Å². The van der Waals surface area contributed by atoms with Crippen molar-refractivity contribution in [1.82, 2.24) is 5.32 Å². The third-order valence-corrected chi connectivity index (χ3v) is 3.20. The topological polar surface area (TPSA) is 12.0 Å². The standard InChI is InChI=1S/C15H14ClF2N/c1-10(11-3-2-4-13(16)7-11)19-9-12-5-6-14(17)8-15(12)18/h2-8,10,19H,9H2,1H3. The Balaban J connectivity index is 2.02. The lowest BCUT2D eigenvalue weighted by molar-refractivity contribution is 0.533. The lowest BCUT2D eigenvalue weighted by atomic mass is 10.1. The lowest BCUT2D eigenvalue weighted by Gasteiger charge is -2.15. The van der Waals surface area contributed by atoms with E-state index in [1.54, 1.807) is 6.07 Å². The summed E-state index contributed by atoms with van der Waals surface area (Å²) in [6, 6.07) is 11.1. The number of rotatable bonds is 4. The summed E-state index contributed by atoms with van der Waals surface area (Å²) >= 11 is 5.92. The Bertz CT molecular complexity index is 572. The van der Waals surface area contributed by atoms with Crippen LogP contribution in [0.5, 0.6) is 0 Å². The second-order valence-corrected chi connectivity index (χ2v) is 4.83. The zero-order valence-electron chi connectivity index (χ0n) is 10.5. The molecule has 1 nitrogen and oxygen atoms in total. The SMILES string of the molecule is CC(NCc1ccc(F)cc1F)c1cccc(Cl)c1. The molecule has 0 aliphatic heterocycles. The monoisotopic (exact) mass is 281 g/mol. The normalized spacial score (nSPS) is 12.4. The molecule has 0 aliphatic carbocycles. The third-order valence-electron chi connectivity index (χ3n) is 2.96. The van der Waals surface area contributed by atoms with Crippen LogP contribution in [0.3, 0.4) is 0 Å². The summed E-state index contributed by atoms with van der Waals surface area (Å²) in [7, 11) is 0. The first-order valence-corrected chi connectivity index (χ1v) is 6.37. The first-order valence-electron chi connectivity index (χ1n) is 5.99. The van der Waals surface area contributed by atoms with E-state index in [1.807, 2.05) is 25.1 Å². The lowest BCUT2D eigenvalue weighted by Crippen LogP contribution is -2.18. The van der Waals surface area contributed by atoms with Crippen LogP contribution in [0.4, 0.5) is 8.78 Å². The van der Waals surface area contributed by atoms with Crippen LogP contribution in [0.15, 0.2) is 42.5 Å². The molecule has 1 N–H and O–H groups in total. The van der Waals surface area contributed by atoms with E-state index in [1.165, 1.54) is 12.1 Å². The van der Waals surface area contributed by atoms with E-state index in [9.17, 15) is 8.78 Å². The van der Waals surface area contributed by atoms with Gasteiger partial charge >= 0.3 is 0 Å². The Labute approximate surface area is 116 Å². The van der Waals surface area contributed by atoms with E-state index in [0.29, 0.717) is 17.1 Å². The van der Waals surface area contributed by atoms with Gasteiger partial charge in [0.05, 0.1) is 0 Å². The number of halogens is 3. The van der Waals surface area contributed by atoms with E-state index >= 15 is 0 Å². The zero-order valence-corrected chi connectivity index (χ0v) is 11.2. The van der Waals surface area contributed by atoms with Crippen molar-refractivity contribution < 1.29 is 8.78 Å². The minimum absolute atomic E-state index is 0.0307. The second kappa shape index (κ2) is 6.13. The predicted octanol–water partition coefficient (Wildman–Crippen LogP) is 4.47. The predicted molar refractivity (Wildman–Crippen MR) is 73.1 cm³/mol. The van der Waals surface area contributed by atoms with Crippen LogP contribution in [-0.2, 0) is 6.54 Å². The van der Waals surface area contributed by atoms with Gasteiger partial charge < -0.3 is 5.32 Å². The van der Waals surface area contributed by atoms with Crippen LogP contribution in [0.1, 0.15) is 24.1 Å². The van der Waals surface area contributed by atoms with Crippen molar-refractivity contribution in [3.63, 3.8) is 0 Å². The molecule has 0 aromatic heterocycles. The Morgan fingerprint density at radius 1 is 1.16 bits per heavy atom. The molecule has 0 saturated carbocycles. The fraction of sp³-hybridized carbons (Fsp3) is 0.200. The number of benzene rings is 2. The summed E-state index contributed by atoms with van der Waals surface area (Å²) in [5.74, 6) is -1.10. The van der Waals surface area contributed by atoms with Crippen molar-refractivity contribution in [2.24, 2.45) is 0 Å². The highest BCUT2D eigenvalue weighted by Crippen LogP contribution is 2.18. The van der Waals surface area contributed by atoms with Gasteiger partial charge in [-0.25, -0.2) is 8.78 Å².